The molecule has 0 saturated heterocycles. The molecule has 2 aromatic carbocycles. The largest absolute Gasteiger partial charge is 0.295 e. The summed E-state index contributed by atoms with van der Waals surface area (Å²) in [7, 11) is 0. The Bertz CT molecular complexity index is 623. The van der Waals surface area contributed by atoms with E-state index in [4.69, 9.17) is 0 Å². The smallest absolute Gasteiger partial charge is 0.0237 e. The summed E-state index contributed by atoms with van der Waals surface area (Å²) >= 11 is 1.81. The van der Waals surface area contributed by atoms with E-state index in [9.17, 15) is 0 Å². The summed E-state index contributed by atoms with van der Waals surface area (Å²) in [5, 5.41) is 0. The predicted molar refractivity (Wildman–Crippen MR) is 126 cm³/mol. The molecule has 0 radical (unpaired) electrons. The highest BCUT2D eigenvalue weighted by Crippen LogP contribution is 2.19. The molecular weight excluding hydrogens is 358 g/mol. The molecule has 0 bridgehead atoms. The highest BCUT2D eigenvalue weighted by atomic mass is 32.2. The topological polar surface area (TPSA) is 3.24 Å². The van der Waals surface area contributed by atoms with Crippen LogP contribution in [-0.2, 0) is 13.1 Å². The summed E-state index contributed by atoms with van der Waals surface area (Å²) in [6.07, 6.45) is 11.8. The number of benzene rings is 2. The van der Waals surface area contributed by atoms with Crippen molar-refractivity contribution in [3.8, 4) is 0 Å². The van der Waals surface area contributed by atoms with E-state index in [0.717, 1.165) is 19.0 Å². The molecule has 1 unspecified atom stereocenters. The minimum Gasteiger partial charge on any atom is -0.295 e. The summed E-state index contributed by atoms with van der Waals surface area (Å²) in [4.78, 5) is 3.96. The average molecular weight is 398 g/mol. The maximum atomic E-state index is 2.62. The minimum atomic E-state index is 0.818. The van der Waals surface area contributed by atoms with Gasteiger partial charge in [0, 0.05) is 18.0 Å². The highest BCUT2D eigenvalue weighted by molar-refractivity contribution is 7.98. The Balaban J connectivity index is 1.86. The summed E-state index contributed by atoms with van der Waals surface area (Å²) in [5.74, 6) is 0.818. The zero-order chi connectivity index (χ0) is 20.0. The molecule has 0 heterocycles. The third kappa shape index (κ3) is 9.30. The van der Waals surface area contributed by atoms with Gasteiger partial charge in [-0.25, -0.2) is 0 Å². The number of hydrogen-bond donors (Lipinski definition) is 0. The van der Waals surface area contributed by atoms with Gasteiger partial charge in [0.1, 0.15) is 0 Å². The molecule has 154 valence electrons. The molecule has 0 fully saturated rings. The Morgan fingerprint density at radius 2 is 1.43 bits per heavy atom. The maximum Gasteiger partial charge on any atom is 0.0237 e. The number of thioether (sulfide) groups is 1. The molecule has 0 aliphatic rings. The molecule has 1 nitrogen and oxygen atoms in total. The van der Waals surface area contributed by atoms with Crippen LogP contribution < -0.4 is 0 Å². The SMILES string of the molecule is CCCCCCCC(C)CCN(Cc1ccccc1)Cc1ccc(SC)cc1. The molecule has 1 atom stereocenters. The fourth-order valence-electron chi connectivity index (χ4n) is 3.69. The van der Waals surface area contributed by atoms with Crippen LogP contribution in [0.15, 0.2) is 59.5 Å². The third-order valence-electron chi connectivity index (χ3n) is 5.55. The van der Waals surface area contributed by atoms with E-state index in [1.54, 1.807) is 0 Å². The molecule has 28 heavy (non-hydrogen) atoms. The van der Waals surface area contributed by atoms with Gasteiger partial charge in [0.2, 0.25) is 0 Å². The predicted octanol–water partition coefficient (Wildman–Crippen LogP) is 7.80. The first-order valence-electron chi connectivity index (χ1n) is 11.1. The fourth-order valence-corrected chi connectivity index (χ4v) is 4.10. The molecule has 0 spiro atoms. The first-order chi connectivity index (χ1) is 13.7. The van der Waals surface area contributed by atoms with E-state index in [1.165, 1.54) is 67.5 Å². The minimum absolute atomic E-state index is 0.818. The molecule has 0 amide bonds. The van der Waals surface area contributed by atoms with Gasteiger partial charge in [-0.05, 0) is 48.4 Å². The van der Waals surface area contributed by atoms with Crippen LogP contribution in [0.25, 0.3) is 0 Å². The van der Waals surface area contributed by atoms with Crippen LogP contribution in [0, 0.1) is 5.92 Å². The lowest BCUT2D eigenvalue weighted by Gasteiger charge is -2.24. The van der Waals surface area contributed by atoms with E-state index in [2.05, 4.69) is 79.6 Å². The molecule has 0 aliphatic heterocycles. The Hall–Kier alpha value is -1.25. The second-order valence-corrected chi connectivity index (χ2v) is 9.02. The van der Waals surface area contributed by atoms with Crippen molar-refractivity contribution in [3.63, 3.8) is 0 Å². The number of unbranched alkanes of at least 4 members (excludes halogenated alkanes) is 4. The second-order valence-electron chi connectivity index (χ2n) is 8.14. The summed E-state index contributed by atoms with van der Waals surface area (Å²) < 4.78 is 0. The van der Waals surface area contributed by atoms with Gasteiger partial charge in [-0.2, -0.15) is 0 Å². The molecule has 2 aromatic rings. The van der Waals surface area contributed by atoms with E-state index in [-0.39, 0.29) is 0 Å². The van der Waals surface area contributed by atoms with Crippen LogP contribution in [0.4, 0.5) is 0 Å². The standard InChI is InChI=1S/C26H39NS/c1-4-5-6-7-9-12-23(2)19-20-27(21-24-13-10-8-11-14-24)22-25-15-17-26(28-3)18-16-25/h8,10-11,13-18,23H,4-7,9,12,19-22H2,1-3H3. The van der Waals surface area contributed by atoms with Crippen LogP contribution in [0.2, 0.25) is 0 Å². The molecule has 0 aliphatic carbocycles. The maximum absolute atomic E-state index is 2.62. The Morgan fingerprint density at radius 1 is 0.786 bits per heavy atom. The van der Waals surface area contributed by atoms with E-state index in [1.807, 2.05) is 11.8 Å². The zero-order valence-electron chi connectivity index (χ0n) is 18.2. The van der Waals surface area contributed by atoms with Crippen molar-refractivity contribution >= 4 is 11.8 Å². The molecular formula is C26H39NS. The first kappa shape index (κ1) is 23.0. The monoisotopic (exact) mass is 397 g/mol. The van der Waals surface area contributed by atoms with Crippen molar-refractivity contribution in [2.45, 2.75) is 76.8 Å². The number of hydrogen-bond acceptors (Lipinski definition) is 2. The summed E-state index contributed by atoms with van der Waals surface area (Å²) in [6.45, 7) is 7.97. The van der Waals surface area contributed by atoms with Crippen LogP contribution >= 0.6 is 11.8 Å². The lowest BCUT2D eigenvalue weighted by Crippen LogP contribution is -2.25. The first-order valence-corrected chi connectivity index (χ1v) is 12.3. The van der Waals surface area contributed by atoms with E-state index >= 15 is 0 Å². The quantitative estimate of drug-likeness (QED) is 0.236. The number of rotatable bonds is 14. The Labute approximate surface area is 177 Å². The lowest BCUT2D eigenvalue weighted by molar-refractivity contribution is 0.234. The lowest BCUT2D eigenvalue weighted by atomic mass is 9.98. The van der Waals surface area contributed by atoms with Crippen molar-refractivity contribution in [1.82, 2.24) is 4.90 Å². The van der Waals surface area contributed by atoms with Crippen molar-refractivity contribution in [1.29, 1.82) is 0 Å². The highest BCUT2D eigenvalue weighted by Gasteiger charge is 2.10. The molecule has 0 aromatic heterocycles. The molecule has 0 N–H and O–H groups in total. The molecule has 2 heteroatoms. The van der Waals surface area contributed by atoms with Crippen molar-refractivity contribution < 1.29 is 0 Å². The van der Waals surface area contributed by atoms with Crippen LogP contribution in [0.3, 0.4) is 0 Å². The van der Waals surface area contributed by atoms with Crippen LogP contribution in [0.5, 0.6) is 0 Å². The third-order valence-corrected chi connectivity index (χ3v) is 6.30. The van der Waals surface area contributed by atoms with Crippen molar-refractivity contribution in [3.05, 3.63) is 65.7 Å². The van der Waals surface area contributed by atoms with Gasteiger partial charge in [-0.3, -0.25) is 4.90 Å². The van der Waals surface area contributed by atoms with Crippen molar-refractivity contribution in [2.24, 2.45) is 5.92 Å². The van der Waals surface area contributed by atoms with Crippen LogP contribution in [0.1, 0.15) is 69.9 Å². The number of nitrogens with zero attached hydrogens (tertiary/aromatic N) is 1. The average Bonchev–Trinajstić information content (AvgIpc) is 2.73. The van der Waals surface area contributed by atoms with E-state index in [0.29, 0.717) is 0 Å². The zero-order valence-corrected chi connectivity index (χ0v) is 19.0. The van der Waals surface area contributed by atoms with Gasteiger partial charge in [0.05, 0.1) is 0 Å². The summed E-state index contributed by atoms with van der Waals surface area (Å²) in [6, 6.07) is 20.0. The van der Waals surface area contributed by atoms with Gasteiger partial charge < -0.3 is 0 Å². The normalized spacial score (nSPS) is 12.4. The fraction of sp³-hybridized carbons (Fsp3) is 0.538. The molecule has 2 rings (SSSR count). The van der Waals surface area contributed by atoms with E-state index < -0.39 is 0 Å². The van der Waals surface area contributed by atoms with Gasteiger partial charge in [-0.15, -0.1) is 11.8 Å². The van der Waals surface area contributed by atoms with Crippen LogP contribution in [-0.4, -0.2) is 17.7 Å². The Morgan fingerprint density at radius 3 is 2.07 bits per heavy atom. The van der Waals surface area contributed by atoms with Gasteiger partial charge in [0.15, 0.2) is 0 Å². The van der Waals surface area contributed by atoms with Gasteiger partial charge >= 0.3 is 0 Å². The van der Waals surface area contributed by atoms with Gasteiger partial charge in [-0.1, -0.05) is 94.8 Å². The Kier molecular flexibility index (Phi) is 11.4. The second kappa shape index (κ2) is 13.8. The molecule has 0 saturated carbocycles. The van der Waals surface area contributed by atoms with Gasteiger partial charge in [0.25, 0.3) is 0 Å². The summed E-state index contributed by atoms with van der Waals surface area (Å²) in [5.41, 5.74) is 2.83. The van der Waals surface area contributed by atoms with Crippen molar-refractivity contribution in [2.75, 3.05) is 12.8 Å².